The Morgan fingerprint density at radius 3 is 2.57 bits per heavy atom. The van der Waals surface area contributed by atoms with Gasteiger partial charge in [-0.3, -0.25) is 4.99 Å². The van der Waals surface area contributed by atoms with Crippen molar-refractivity contribution in [3.05, 3.63) is 47.4 Å². The Kier molecular flexibility index (Phi) is 3.89. The number of aromatic nitrogens is 2. The molecule has 1 aromatic heterocycles. The molecule has 1 saturated heterocycles. The summed E-state index contributed by atoms with van der Waals surface area (Å²) >= 11 is 0. The zero-order chi connectivity index (χ0) is 19.4. The molecule has 1 saturated carbocycles. The van der Waals surface area contributed by atoms with Crippen molar-refractivity contribution >= 4 is 11.5 Å². The van der Waals surface area contributed by atoms with Crippen LogP contribution in [0.4, 0.5) is 14.6 Å². The summed E-state index contributed by atoms with van der Waals surface area (Å²) in [6, 6.07) is 7.95. The third kappa shape index (κ3) is 3.34. The number of halogens is 2. The fraction of sp³-hybridized carbons (Fsp3) is 0.476. The van der Waals surface area contributed by atoms with Crippen molar-refractivity contribution < 1.29 is 13.5 Å². The van der Waals surface area contributed by atoms with E-state index in [9.17, 15) is 8.78 Å². The molecule has 146 valence electrons. The van der Waals surface area contributed by atoms with E-state index >= 15 is 0 Å². The number of benzene rings is 1. The van der Waals surface area contributed by atoms with Crippen LogP contribution in [0.15, 0.2) is 35.6 Å². The number of nitrogens with zero attached hydrogens (tertiary/aromatic N) is 4. The first-order chi connectivity index (χ1) is 13.4. The molecule has 3 aliphatic rings. The quantitative estimate of drug-likeness (QED) is 0.800. The summed E-state index contributed by atoms with van der Waals surface area (Å²) in [6.07, 6.45) is 3.36. The molecular formula is C21H22F2N4O. The van der Waals surface area contributed by atoms with E-state index in [1.165, 1.54) is 6.33 Å². The Labute approximate surface area is 162 Å². The second-order valence-corrected chi connectivity index (χ2v) is 8.14. The minimum absolute atomic E-state index is 0.0391. The second kappa shape index (κ2) is 6.22. The Morgan fingerprint density at radius 2 is 1.82 bits per heavy atom. The summed E-state index contributed by atoms with van der Waals surface area (Å²) in [5, 5.41) is 0. The number of aliphatic imine (C=N–C) groups is 1. The van der Waals surface area contributed by atoms with E-state index in [1.54, 1.807) is 0 Å². The third-order valence-electron chi connectivity index (χ3n) is 5.78. The normalized spacial score (nSPS) is 21.8. The Balaban J connectivity index is 1.40. The van der Waals surface area contributed by atoms with Gasteiger partial charge in [0, 0.05) is 37.6 Å². The Morgan fingerprint density at radius 1 is 1.04 bits per heavy atom. The Hall–Kier alpha value is -2.57. The molecule has 0 radical (unpaired) electrons. The lowest BCUT2D eigenvalue weighted by Crippen LogP contribution is -2.39. The zero-order valence-corrected chi connectivity index (χ0v) is 15.8. The predicted octanol–water partition coefficient (Wildman–Crippen LogP) is 3.99. The largest absolute Gasteiger partial charge is 0.488 e. The van der Waals surface area contributed by atoms with Crippen molar-refractivity contribution in [3.8, 4) is 5.75 Å². The number of alkyl halides is 2. The lowest BCUT2D eigenvalue weighted by Gasteiger charge is -2.32. The van der Waals surface area contributed by atoms with E-state index in [1.807, 2.05) is 23.1 Å². The SMILES string of the molecule is CC1(Oc2ccc3c(c2)C(c2cc(N4CCC(F)(F)CC4)ncn2)=NC3)CC1. The van der Waals surface area contributed by atoms with Gasteiger partial charge >= 0.3 is 0 Å². The summed E-state index contributed by atoms with van der Waals surface area (Å²) in [6.45, 7) is 3.32. The van der Waals surface area contributed by atoms with E-state index in [4.69, 9.17) is 4.74 Å². The van der Waals surface area contributed by atoms with Gasteiger partial charge in [-0.2, -0.15) is 0 Å². The van der Waals surface area contributed by atoms with Gasteiger partial charge in [0.2, 0.25) is 0 Å². The predicted molar refractivity (Wildman–Crippen MR) is 102 cm³/mol. The number of fused-ring (bicyclic) bond motifs is 1. The van der Waals surface area contributed by atoms with Crippen LogP contribution >= 0.6 is 0 Å². The average molecular weight is 384 g/mol. The molecule has 2 aliphatic heterocycles. The minimum Gasteiger partial charge on any atom is -0.488 e. The van der Waals surface area contributed by atoms with E-state index in [-0.39, 0.29) is 18.4 Å². The molecule has 2 aromatic rings. The van der Waals surface area contributed by atoms with Crippen molar-refractivity contribution in [2.45, 2.75) is 50.7 Å². The van der Waals surface area contributed by atoms with E-state index in [0.29, 0.717) is 25.5 Å². The van der Waals surface area contributed by atoms with Gasteiger partial charge < -0.3 is 9.64 Å². The summed E-state index contributed by atoms with van der Waals surface area (Å²) < 4.78 is 33.0. The van der Waals surface area contributed by atoms with Crippen LogP contribution in [0.25, 0.3) is 0 Å². The number of hydrogen-bond donors (Lipinski definition) is 0. The summed E-state index contributed by atoms with van der Waals surface area (Å²) in [5.74, 6) is -1.05. The van der Waals surface area contributed by atoms with Crippen LogP contribution in [0.3, 0.4) is 0 Å². The first-order valence-electron chi connectivity index (χ1n) is 9.73. The van der Waals surface area contributed by atoms with Crippen molar-refractivity contribution in [3.63, 3.8) is 0 Å². The lowest BCUT2D eigenvalue weighted by molar-refractivity contribution is -0.0221. The number of anilines is 1. The zero-order valence-electron chi connectivity index (χ0n) is 15.8. The third-order valence-corrected chi connectivity index (χ3v) is 5.78. The molecule has 0 spiro atoms. The lowest BCUT2D eigenvalue weighted by atomic mass is 10.0. The van der Waals surface area contributed by atoms with Gasteiger partial charge in [0.25, 0.3) is 5.92 Å². The van der Waals surface area contributed by atoms with Gasteiger partial charge in [-0.15, -0.1) is 0 Å². The van der Waals surface area contributed by atoms with Crippen LogP contribution in [-0.2, 0) is 6.54 Å². The van der Waals surface area contributed by atoms with Gasteiger partial charge in [-0.25, -0.2) is 18.7 Å². The van der Waals surface area contributed by atoms with Crippen molar-refractivity contribution in [2.75, 3.05) is 18.0 Å². The molecule has 0 bridgehead atoms. The number of ether oxygens (including phenoxy) is 1. The minimum atomic E-state index is -2.57. The first kappa shape index (κ1) is 17.5. The number of hydrogen-bond acceptors (Lipinski definition) is 5. The summed E-state index contributed by atoms with van der Waals surface area (Å²) in [7, 11) is 0. The molecular weight excluding hydrogens is 362 g/mol. The fourth-order valence-electron chi connectivity index (χ4n) is 3.72. The van der Waals surface area contributed by atoms with Crippen LogP contribution < -0.4 is 9.64 Å². The highest BCUT2D eigenvalue weighted by molar-refractivity contribution is 6.14. The molecule has 1 aromatic carbocycles. The van der Waals surface area contributed by atoms with E-state index < -0.39 is 5.92 Å². The number of piperidine rings is 1. The van der Waals surface area contributed by atoms with Crippen LogP contribution in [0.5, 0.6) is 5.75 Å². The van der Waals surface area contributed by atoms with Crippen LogP contribution in [-0.4, -0.2) is 40.3 Å². The topological polar surface area (TPSA) is 50.6 Å². The maximum absolute atomic E-state index is 13.5. The standard InChI is InChI=1S/C21H22F2N4O/c1-20(4-5-20)28-15-3-2-14-12-24-19(16(14)10-15)17-11-18(26-13-25-17)27-8-6-21(22,23)7-9-27/h2-3,10-11,13H,4-9,12H2,1H3. The van der Waals surface area contributed by atoms with E-state index in [2.05, 4.69) is 28.0 Å². The molecule has 0 N–H and O–H groups in total. The van der Waals surface area contributed by atoms with Crippen molar-refractivity contribution in [1.29, 1.82) is 0 Å². The average Bonchev–Trinajstić information content (AvgIpc) is 3.25. The molecule has 5 nitrogen and oxygen atoms in total. The highest BCUT2D eigenvalue weighted by atomic mass is 19.3. The van der Waals surface area contributed by atoms with Crippen LogP contribution in [0.1, 0.15) is 49.4 Å². The van der Waals surface area contributed by atoms with E-state index in [0.717, 1.165) is 41.1 Å². The van der Waals surface area contributed by atoms with Gasteiger partial charge in [0.15, 0.2) is 0 Å². The van der Waals surface area contributed by atoms with Gasteiger partial charge in [-0.1, -0.05) is 6.07 Å². The number of rotatable bonds is 4. The van der Waals surface area contributed by atoms with Crippen LogP contribution in [0.2, 0.25) is 0 Å². The summed E-state index contributed by atoms with van der Waals surface area (Å²) in [4.78, 5) is 15.3. The van der Waals surface area contributed by atoms with Crippen molar-refractivity contribution in [1.82, 2.24) is 9.97 Å². The molecule has 28 heavy (non-hydrogen) atoms. The second-order valence-electron chi connectivity index (χ2n) is 8.14. The highest BCUT2D eigenvalue weighted by Crippen LogP contribution is 2.40. The van der Waals surface area contributed by atoms with Gasteiger partial charge in [0.05, 0.1) is 18.0 Å². The monoisotopic (exact) mass is 384 g/mol. The molecule has 3 heterocycles. The summed E-state index contributed by atoms with van der Waals surface area (Å²) in [5.41, 5.74) is 3.66. The molecule has 1 aliphatic carbocycles. The maximum Gasteiger partial charge on any atom is 0.251 e. The maximum atomic E-state index is 13.5. The van der Waals surface area contributed by atoms with Gasteiger partial charge in [0.1, 0.15) is 23.5 Å². The van der Waals surface area contributed by atoms with Crippen LogP contribution in [0, 0.1) is 0 Å². The molecule has 7 heteroatoms. The fourth-order valence-corrected chi connectivity index (χ4v) is 3.72. The molecule has 0 atom stereocenters. The Bertz CT molecular complexity index is 945. The molecule has 0 unspecified atom stereocenters. The molecule has 2 fully saturated rings. The van der Waals surface area contributed by atoms with Crippen molar-refractivity contribution in [2.24, 2.45) is 4.99 Å². The first-order valence-corrected chi connectivity index (χ1v) is 9.73. The molecule has 0 amide bonds. The molecule has 5 rings (SSSR count). The smallest absolute Gasteiger partial charge is 0.251 e. The highest BCUT2D eigenvalue weighted by Gasteiger charge is 2.40. The van der Waals surface area contributed by atoms with Gasteiger partial charge in [-0.05, 0) is 37.5 Å².